The average molecular weight is 628 g/mol. The number of hydrogen-bond donors (Lipinski definition) is 0. The summed E-state index contributed by atoms with van der Waals surface area (Å²) in [7, 11) is 0. The van der Waals surface area contributed by atoms with Gasteiger partial charge in [0.2, 0.25) is 0 Å². The molecule has 0 amide bonds. The molecule has 228 valence electrons. The zero-order chi connectivity index (χ0) is 32.9. The zero-order valence-corrected chi connectivity index (χ0v) is 26.2. The van der Waals surface area contributed by atoms with Gasteiger partial charge in [-0.25, -0.2) is 9.37 Å². The van der Waals surface area contributed by atoms with Gasteiger partial charge in [0.05, 0.1) is 28.2 Å². The minimum Gasteiger partial charge on any atom is -0.254 e. The molecule has 0 atom stereocenters. The van der Waals surface area contributed by atoms with E-state index in [-0.39, 0.29) is 5.82 Å². The quantitative estimate of drug-likeness (QED) is 0.144. The van der Waals surface area contributed by atoms with E-state index in [9.17, 15) is 4.39 Å². The van der Waals surface area contributed by atoms with E-state index in [1.54, 1.807) is 12.3 Å². The third-order valence-electron chi connectivity index (χ3n) is 9.41. The minimum absolute atomic E-state index is 0.300. The Kier molecular flexibility index (Phi) is 6.71. The fourth-order valence-corrected chi connectivity index (χ4v) is 6.95. The second-order valence-corrected chi connectivity index (χ2v) is 12.3. The van der Waals surface area contributed by atoms with Crippen molar-refractivity contribution in [2.45, 2.75) is 0 Å². The highest BCUT2D eigenvalue weighted by atomic mass is 19.1. The number of pyridine rings is 2. The SMILES string of the molecule is N#Cc1ccc(-c2ccc(-c3ccc(-c4ccc(-c5cc6cc7ccc(F)cc7nc6c6ncccc56)cc4)c4ccccc34)cc2)cc1. The van der Waals surface area contributed by atoms with Crippen LogP contribution in [0.3, 0.4) is 0 Å². The summed E-state index contributed by atoms with van der Waals surface area (Å²) in [5, 5.41) is 14.4. The Morgan fingerprint density at radius 1 is 0.469 bits per heavy atom. The summed E-state index contributed by atoms with van der Waals surface area (Å²) in [4.78, 5) is 9.54. The molecule has 0 spiro atoms. The molecule has 0 aliphatic carbocycles. The van der Waals surface area contributed by atoms with Gasteiger partial charge in [-0.05, 0) is 97.7 Å². The summed E-state index contributed by atoms with van der Waals surface area (Å²) in [5.41, 5.74) is 11.9. The van der Waals surface area contributed by atoms with Crippen LogP contribution in [-0.4, -0.2) is 9.97 Å². The van der Waals surface area contributed by atoms with E-state index in [2.05, 4.69) is 109 Å². The molecule has 3 nitrogen and oxygen atoms in total. The first-order valence-corrected chi connectivity index (χ1v) is 16.1. The Morgan fingerprint density at radius 2 is 1.04 bits per heavy atom. The number of benzene rings is 7. The van der Waals surface area contributed by atoms with Crippen molar-refractivity contribution >= 4 is 43.5 Å². The van der Waals surface area contributed by atoms with Gasteiger partial charge in [0.1, 0.15) is 5.82 Å². The van der Waals surface area contributed by atoms with Crippen molar-refractivity contribution in [3.05, 3.63) is 169 Å². The highest BCUT2D eigenvalue weighted by molar-refractivity contribution is 6.12. The summed E-state index contributed by atoms with van der Waals surface area (Å²) in [6.07, 6.45) is 1.78. The number of fused-ring (bicyclic) bond motifs is 5. The lowest BCUT2D eigenvalue weighted by molar-refractivity contribution is 0.629. The molecular formula is C45H26FN3. The fourth-order valence-electron chi connectivity index (χ4n) is 6.95. The smallest absolute Gasteiger partial charge is 0.125 e. The first-order chi connectivity index (χ1) is 24.1. The van der Waals surface area contributed by atoms with Crippen LogP contribution in [0.5, 0.6) is 0 Å². The van der Waals surface area contributed by atoms with E-state index >= 15 is 0 Å². The van der Waals surface area contributed by atoms with E-state index in [0.29, 0.717) is 11.1 Å². The number of rotatable bonds is 4. The van der Waals surface area contributed by atoms with Gasteiger partial charge >= 0.3 is 0 Å². The monoisotopic (exact) mass is 627 g/mol. The van der Waals surface area contributed by atoms with Crippen LogP contribution in [0.1, 0.15) is 5.56 Å². The van der Waals surface area contributed by atoms with Gasteiger partial charge in [-0.2, -0.15) is 5.26 Å². The van der Waals surface area contributed by atoms with Gasteiger partial charge in [0.25, 0.3) is 0 Å². The lowest BCUT2D eigenvalue weighted by atomic mass is 9.90. The largest absolute Gasteiger partial charge is 0.254 e. The van der Waals surface area contributed by atoms with Crippen LogP contribution in [0.4, 0.5) is 4.39 Å². The number of halogens is 1. The van der Waals surface area contributed by atoms with Crippen LogP contribution >= 0.6 is 0 Å². The maximum absolute atomic E-state index is 14.0. The molecule has 7 aromatic carbocycles. The summed E-state index contributed by atoms with van der Waals surface area (Å²) in [6.45, 7) is 0. The summed E-state index contributed by atoms with van der Waals surface area (Å²) < 4.78 is 14.0. The number of aromatic nitrogens is 2. The Hall–Kier alpha value is -6.70. The third-order valence-corrected chi connectivity index (χ3v) is 9.41. The summed E-state index contributed by atoms with van der Waals surface area (Å²) in [6, 6.07) is 53.2. The Morgan fingerprint density at radius 3 is 1.67 bits per heavy atom. The van der Waals surface area contributed by atoms with Crippen LogP contribution in [-0.2, 0) is 0 Å². The summed E-state index contributed by atoms with van der Waals surface area (Å²) in [5.74, 6) is -0.300. The zero-order valence-electron chi connectivity index (χ0n) is 26.2. The maximum atomic E-state index is 14.0. The molecule has 9 rings (SSSR count). The Bertz CT molecular complexity index is 2760. The van der Waals surface area contributed by atoms with E-state index in [1.807, 2.05) is 30.3 Å². The van der Waals surface area contributed by atoms with Crippen LogP contribution in [0.2, 0.25) is 0 Å². The predicted octanol–water partition coefficient (Wildman–Crippen LogP) is 11.8. The predicted molar refractivity (Wildman–Crippen MR) is 198 cm³/mol. The minimum atomic E-state index is -0.300. The van der Waals surface area contributed by atoms with E-state index < -0.39 is 0 Å². The lowest BCUT2D eigenvalue weighted by Gasteiger charge is -2.14. The molecule has 9 aromatic rings. The van der Waals surface area contributed by atoms with Crippen molar-refractivity contribution in [2.24, 2.45) is 0 Å². The van der Waals surface area contributed by atoms with Gasteiger partial charge in [-0.15, -0.1) is 0 Å². The van der Waals surface area contributed by atoms with E-state index in [1.165, 1.54) is 34.0 Å². The van der Waals surface area contributed by atoms with Gasteiger partial charge in [-0.1, -0.05) is 103 Å². The van der Waals surface area contributed by atoms with E-state index in [0.717, 1.165) is 60.6 Å². The Balaban J connectivity index is 1.09. The van der Waals surface area contributed by atoms with Crippen LogP contribution in [0.15, 0.2) is 158 Å². The maximum Gasteiger partial charge on any atom is 0.125 e. The van der Waals surface area contributed by atoms with E-state index in [4.69, 9.17) is 15.2 Å². The van der Waals surface area contributed by atoms with Gasteiger partial charge in [-0.3, -0.25) is 4.98 Å². The van der Waals surface area contributed by atoms with Crippen molar-refractivity contribution in [3.63, 3.8) is 0 Å². The normalized spacial score (nSPS) is 11.3. The second-order valence-electron chi connectivity index (χ2n) is 12.3. The van der Waals surface area contributed by atoms with Gasteiger partial charge < -0.3 is 0 Å². The highest BCUT2D eigenvalue weighted by Crippen LogP contribution is 2.39. The average Bonchev–Trinajstić information content (AvgIpc) is 3.17. The molecule has 4 heteroatoms. The molecule has 2 heterocycles. The van der Waals surface area contributed by atoms with Gasteiger partial charge in [0, 0.05) is 28.4 Å². The lowest BCUT2D eigenvalue weighted by Crippen LogP contribution is -1.91. The number of nitriles is 1. The molecule has 0 N–H and O–H groups in total. The molecule has 0 saturated carbocycles. The molecule has 0 radical (unpaired) electrons. The third kappa shape index (κ3) is 4.97. The molecule has 49 heavy (non-hydrogen) atoms. The first kappa shape index (κ1) is 28.5. The second kappa shape index (κ2) is 11.5. The van der Waals surface area contributed by atoms with Crippen molar-refractivity contribution < 1.29 is 4.39 Å². The Labute approximate surface area is 282 Å². The van der Waals surface area contributed by atoms with Crippen molar-refractivity contribution in [2.75, 3.05) is 0 Å². The molecule has 0 bridgehead atoms. The van der Waals surface area contributed by atoms with Crippen LogP contribution in [0, 0.1) is 17.1 Å². The first-order valence-electron chi connectivity index (χ1n) is 16.1. The van der Waals surface area contributed by atoms with Crippen molar-refractivity contribution in [3.8, 4) is 50.6 Å². The van der Waals surface area contributed by atoms with Gasteiger partial charge in [0.15, 0.2) is 0 Å². The molecule has 0 fully saturated rings. The molecular weight excluding hydrogens is 602 g/mol. The van der Waals surface area contributed by atoms with Crippen LogP contribution < -0.4 is 0 Å². The number of nitrogens with zero attached hydrogens (tertiary/aromatic N) is 3. The van der Waals surface area contributed by atoms with Crippen molar-refractivity contribution in [1.29, 1.82) is 5.26 Å². The molecule has 0 saturated heterocycles. The van der Waals surface area contributed by atoms with Crippen LogP contribution in [0.25, 0.3) is 88.0 Å². The topological polar surface area (TPSA) is 49.6 Å². The molecule has 0 aliphatic rings. The highest BCUT2D eigenvalue weighted by Gasteiger charge is 2.14. The summed E-state index contributed by atoms with van der Waals surface area (Å²) >= 11 is 0. The molecule has 0 unspecified atom stereocenters. The molecule has 2 aromatic heterocycles. The number of hydrogen-bond acceptors (Lipinski definition) is 3. The standard InChI is InChI=1S/C45H26FN3/c46-36-20-19-34-24-35-25-42(41-6-3-23-48-45(41)44(35)49-43(34)26-36)33-17-15-32(16-18-33)38-22-21-37(39-4-1-2-5-40(38)39)31-13-11-30(12-14-31)29-9-7-28(27-47)8-10-29/h1-26H. The molecule has 0 aliphatic heterocycles. The van der Waals surface area contributed by atoms with Crippen molar-refractivity contribution in [1.82, 2.24) is 9.97 Å². The fraction of sp³-hybridized carbons (Fsp3) is 0.